The lowest BCUT2D eigenvalue weighted by Gasteiger charge is -2.12. The summed E-state index contributed by atoms with van der Waals surface area (Å²) < 4.78 is 1.74. The topological polar surface area (TPSA) is 51.8 Å². The summed E-state index contributed by atoms with van der Waals surface area (Å²) in [6, 6.07) is 5.60. The van der Waals surface area contributed by atoms with E-state index in [1.807, 2.05) is 18.2 Å². The molecule has 3 nitrogen and oxygen atoms in total. The van der Waals surface area contributed by atoms with Crippen LogP contribution < -0.4 is 5.73 Å². The lowest BCUT2D eigenvalue weighted by molar-refractivity contribution is 0.810. The van der Waals surface area contributed by atoms with Gasteiger partial charge in [-0.3, -0.25) is 0 Å². The molecule has 0 saturated carbocycles. The molecule has 1 aromatic heterocycles. The van der Waals surface area contributed by atoms with Crippen molar-refractivity contribution < 1.29 is 0 Å². The molecule has 0 aliphatic rings. The largest absolute Gasteiger partial charge is 0.383 e. The SMILES string of the molecule is CC(C)c1nc(-c2ccc(Cl)c(Br)c2)nc(N)c1I. The number of anilines is 1. The summed E-state index contributed by atoms with van der Waals surface area (Å²) in [6.07, 6.45) is 0. The van der Waals surface area contributed by atoms with E-state index in [9.17, 15) is 0 Å². The van der Waals surface area contributed by atoms with Gasteiger partial charge in [-0.05, 0) is 62.6 Å². The highest BCUT2D eigenvalue weighted by molar-refractivity contribution is 14.1. The summed E-state index contributed by atoms with van der Waals surface area (Å²) in [4.78, 5) is 8.96. The van der Waals surface area contributed by atoms with Crippen LogP contribution in [0.3, 0.4) is 0 Å². The van der Waals surface area contributed by atoms with E-state index in [1.165, 1.54) is 0 Å². The fraction of sp³-hybridized carbons (Fsp3) is 0.231. The van der Waals surface area contributed by atoms with Gasteiger partial charge in [0.25, 0.3) is 0 Å². The van der Waals surface area contributed by atoms with Crippen molar-refractivity contribution in [2.24, 2.45) is 0 Å². The van der Waals surface area contributed by atoms with Crippen molar-refractivity contribution in [3.05, 3.63) is 37.0 Å². The maximum absolute atomic E-state index is 5.99. The van der Waals surface area contributed by atoms with Gasteiger partial charge in [-0.25, -0.2) is 9.97 Å². The molecule has 0 aliphatic heterocycles. The Morgan fingerprint density at radius 2 is 2.00 bits per heavy atom. The fourth-order valence-corrected chi connectivity index (χ4v) is 2.99. The van der Waals surface area contributed by atoms with Crippen LogP contribution in [-0.2, 0) is 0 Å². The van der Waals surface area contributed by atoms with Crippen LogP contribution in [0.2, 0.25) is 5.02 Å². The number of nitrogen functional groups attached to an aromatic ring is 1. The average Bonchev–Trinajstić information content (AvgIpc) is 2.35. The first-order valence-corrected chi connectivity index (χ1v) is 7.93. The third kappa shape index (κ3) is 3.20. The van der Waals surface area contributed by atoms with Crippen molar-refractivity contribution in [2.45, 2.75) is 19.8 Å². The van der Waals surface area contributed by atoms with Gasteiger partial charge in [0, 0.05) is 10.0 Å². The zero-order valence-corrected chi connectivity index (χ0v) is 14.9. The molecule has 2 aromatic rings. The molecule has 0 fully saturated rings. The van der Waals surface area contributed by atoms with Gasteiger partial charge in [0.15, 0.2) is 5.82 Å². The van der Waals surface area contributed by atoms with Crippen molar-refractivity contribution >= 4 is 55.9 Å². The number of nitrogens with zero attached hydrogens (tertiary/aromatic N) is 2. The molecule has 2 rings (SSSR count). The van der Waals surface area contributed by atoms with E-state index in [0.29, 0.717) is 22.6 Å². The highest BCUT2D eigenvalue weighted by atomic mass is 127. The third-order valence-corrected chi connectivity index (χ3v) is 4.95. The van der Waals surface area contributed by atoms with Crippen LogP contribution in [0.4, 0.5) is 5.82 Å². The number of hydrogen-bond acceptors (Lipinski definition) is 3. The Hall–Kier alpha value is -0.400. The van der Waals surface area contributed by atoms with Gasteiger partial charge >= 0.3 is 0 Å². The van der Waals surface area contributed by atoms with E-state index in [1.54, 1.807) is 0 Å². The van der Waals surface area contributed by atoms with Crippen LogP contribution in [0.25, 0.3) is 11.4 Å². The molecule has 0 bridgehead atoms. The normalized spacial score (nSPS) is 11.1. The molecule has 0 saturated heterocycles. The Kier molecular flexibility index (Phi) is 4.68. The Bertz CT molecular complexity index is 632. The van der Waals surface area contributed by atoms with Crippen LogP contribution in [-0.4, -0.2) is 9.97 Å². The number of halogens is 3. The summed E-state index contributed by atoms with van der Waals surface area (Å²) in [7, 11) is 0. The molecule has 6 heteroatoms. The minimum absolute atomic E-state index is 0.298. The van der Waals surface area contributed by atoms with Crippen LogP contribution in [0.1, 0.15) is 25.5 Å². The second-order valence-corrected chi connectivity index (χ2v) is 6.76. The van der Waals surface area contributed by atoms with Gasteiger partial charge in [0.05, 0.1) is 14.3 Å². The van der Waals surface area contributed by atoms with E-state index < -0.39 is 0 Å². The van der Waals surface area contributed by atoms with Gasteiger partial charge in [-0.2, -0.15) is 0 Å². The van der Waals surface area contributed by atoms with Crippen molar-refractivity contribution in [1.29, 1.82) is 0 Å². The van der Waals surface area contributed by atoms with Crippen LogP contribution in [0.5, 0.6) is 0 Å². The maximum atomic E-state index is 5.99. The van der Waals surface area contributed by atoms with E-state index in [0.717, 1.165) is 19.3 Å². The first-order valence-electron chi connectivity index (χ1n) is 5.68. The van der Waals surface area contributed by atoms with Crippen molar-refractivity contribution in [2.75, 3.05) is 5.73 Å². The monoisotopic (exact) mass is 451 g/mol. The zero-order valence-electron chi connectivity index (χ0n) is 10.4. The third-order valence-electron chi connectivity index (χ3n) is 2.63. The second kappa shape index (κ2) is 5.93. The lowest BCUT2D eigenvalue weighted by atomic mass is 10.1. The number of rotatable bonds is 2. The molecule has 100 valence electrons. The Balaban J connectivity index is 2.59. The average molecular weight is 453 g/mol. The molecular weight excluding hydrogens is 440 g/mol. The van der Waals surface area contributed by atoms with Crippen molar-refractivity contribution in [3.8, 4) is 11.4 Å². The molecule has 0 spiro atoms. The number of benzene rings is 1. The summed E-state index contributed by atoms with van der Waals surface area (Å²) in [6.45, 7) is 4.18. The highest BCUT2D eigenvalue weighted by Crippen LogP contribution is 2.30. The minimum Gasteiger partial charge on any atom is -0.383 e. The molecule has 1 heterocycles. The predicted molar refractivity (Wildman–Crippen MR) is 91.4 cm³/mol. The lowest BCUT2D eigenvalue weighted by Crippen LogP contribution is -2.06. The van der Waals surface area contributed by atoms with E-state index >= 15 is 0 Å². The van der Waals surface area contributed by atoms with E-state index in [2.05, 4.69) is 62.3 Å². The molecule has 0 radical (unpaired) electrons. The molecule has 19 heavy (non-hydrogen) atoms. The molecule has 0 amide bonds. The molecule has 0 aliphatic carbocycles. The summed E-state index contributed by atoms with van der Waals surface area (Å²) in [5.41, 5.74) is 7.83. The van der Waals surface area contributed by atoms with Crippen molar-refractivity contribution in [1.82, 2.24) is 9.97 Å². The van der Waals surface area contributed by atoms with Gasteiger partial charge in [-0.15, -0.1) is 0 Å². The first-order chi connectivity index (χ1) is 8.90. The quantitative estimate of drug-likeness (QED) is 0.662. The van der Waals surface area contributed by atoms with Gasteiger partial charge in [0.2, 0.25) is 0 Å². The van der Waals surface area contributed by atoms with Gasteiger partial charge < -0.3 is 5.73 Å². The minimum atomic E-state index is 0.298. The number of aromatic nitrogens is 2. The van der Waals surface area contributed by atoms with Crippen LogP contribution in [0, 0.1) is 3.57 Å². The van der Waals surface area contributed by atoms with Crippen LogP contribution >= 0.6 is 50.1 Å². The summed E-state index contributed by atoms with van der Waals surface area (Å²) >= 11 is 11.6. The maximum Gasteiger partial charge on any atom is 0.161 e. The first kappa shape index (κ1) is 15.0. The molecule has 0 atom stereocenters. The second-order valence-electron chi connectivity index (χ2n) is 4.42. The fourth-order valence-electron chi connectivity index (χ4n) is 1.63. The summed E-state index contributed by atoms with van der Waals surface area (Å²) in [5, 5.41) is 0.659. The predicted octanol–water partition coefficient (Wildman–Crippen LogP) is 4.87. The molecule has 1 aromatic carbocycles. The number of hydrogen-bond donors (Lipinski definition) is 1. The Morgan fingerprint density at radius 3 is 2.58 bits per heavy atom. The van der Waals surface area contributed by atoms with E-state index in [-0.39, 0.29) is 0 Å². The van der Waals surface area contributed by atoms with Gasteiger partial charge in [-0.1, -0.05) is 25.4 Å². The molecule has 0 unspecified atom stereocenters. The standard InChI is InChI=1S/C13H12BrClIN3/c1-6(2)11-10(16)12(17)19-13(18-11)7-3-4-9(15)8(14)5-7/h3-6H,1-2H3,(H2,17,18,19). The van der Waals surface area contributed by atoms with Crippen molar-refractivity contribution in [3.63, 3.8) is 0 Å². The number of nitrogens with two attached hydrogens (primary N) is 1. The van der Waals surface area contributed by atoms with E-state index in [4.69, 9.17) is 17.3 Å². The Labute approximate surface area is 139 Å². The molecule has 2 N–H and O–H groups in total. The van der Waals surface area contributed by atoms with Crippen LogP contribution in [0.15, 0.2) is 22.7 Å². The summed E-state index contributed by atoms with van der Waals surface area (Å²) in [5.74, 6) is 1.44. The zero-order chi connectivity index (χ0) is 14.2. The Morgan fingerprint density at radius 1 is 1.32 bits per heavy atom. The smallest absolute Gasteiger partial charge is 0.161 e. The highest BCUT2D eigenvalue weighted by Gasteiger charge is 2.14. The molecular formula is C13H12BrClIN3. The van der Waals surface area contributed by atoms with Gasteiger partial charge in [0.1, 0.15) is 5.82 Å².